The maximum Gasteiger partial charge on any atom is 0.337 e. The Morgan fingerprint density at radius 3 is 2.54 bits per heavy atom. The van der Waals surface area contributed by atoms with Crippen LogP contribution < -0.4 is 5.32 Å². The molecule has 1 aromatic carbocycles. The van der Waals surface area contributed by atoms with Crippen LogP contribution in [0.1, 0.15) is 30.1 Å². The van der Waals surface area contributed by atoms with Gasteiger partial charge in [-0.3, -0.25) is 4.79 Å². The van der Waals surface area contributed by atoms with Gasteiger partial charge in [-0.05, 0) is 44.0 Å². The van der Waals surface area contributed by atoms with Crippen molar-refractivity contribution >= 4 is 27.6 Å². The first-order valence-corrected chi connectivity index (χ1v) is 9.45. The number of anilines is 1. The van der Waals surface area contributed by atoms with Crippen LogP contribution in [0.25, 0.3) is 0 Å². The zero-order chi connectivity index (χ0) is 17.7. The Balaban J connectivity index is 2.00. The highest BCUT2D eigenvalue weighted by Crippen LogP contribution is 2.21. The lowest BCUT2D eigenvalue weighted by Crippen LogP contribution is -2.44. The summed E-state index contributed by atoms with van der Waals surface area (Å²) in [6.07, 6.45) is 1.32. The lowest BCUT2D eigenvalue weighted by molar-refractivity contribution is -0.120. The lowest BCUT2D eigenvalue weighted by Gasteiger charge is -2.30. The third kappa shape index (κ3) is 4.33. The second-order valence-electron chi connectivity index (χ2n) is 5.66. The fourth-order valence-corrected chi connectivity index (χ4v) is 3.82. The Bertz CT molecular complexity index is 700. The van der Waals surface area contributed by atoms with Crippen LogP contribution in [-0.4, -0.2) is 50.6 Å². The summed E-state index contributed by atoms with van der Waals surface area (Å²) in [4.78, 5) is 23.8. The zero-order valence-corrected chi connectivity index (χ0v) is 14.6. The van der Waals surface area contributed by atoms with Gasteiger partial charge >= 0.3 is 5.97 Å². The number of carbonyl (C=O) groups excluding carboxylic acids is 2. The van der Waals surface area contributed by atoms with E-state index in [0.717, 1.165) is 0 Å². The summed E-state index contributed by atoms with van der Waals surface area (Å²) in [6, 6.07) is 6.37. The van der Waals surface area contributed by atoms with Crippen LogP contribution in [0.2, 0.25) is 0 Å². The molecule has 2 rings (SSSR count). The number of amides is 1. The van der Waals surface area contributed by atoms with Gasteiger partial charge in [0.05, 0.1) is 24.3 Å². The topological polar surface area (TPSA) is 92.8 Å². The van der Waals surface area contributed by atoms with Crippen LogP contribution in [-0.2, 0) is 19.6 Å². The van der Waals surface area contributed by atoms with Crippen molar-refractivity contribution in [2.24, 2.45) is 5.92 Å². The molecular formula is C16H22N2O5S. The highest BCUT2D eigenvalue weighted by Gasteiger charge is 2.31. The van der Waals surface area contributed by atoms with Crippen molar-refractivity contribution in [1.82, 2.24) is 4.31 Å². The molecule has 0 aliphatic carbocycles. The first-order chi connectivity index (χ1) is 11.4. The number of nitrogens with one attached hydrogen (secondary N) is 1. The lowest BCUT2D eigenvalue weighted by atomic mass is 9.98. The minimum atomic E-state index is -3.28. The van der Waals surface area contributed by atoms with Crippen molar-refractivity contribution in [3.05, 3.63) is 29.8 Å². The van der Waals surface area contributed by atoms with Crippen LogP contribution in [0, 0.1) is 5.92 Å². The van der Waals surface area contributed by atoms with Crippen LogP contribution in [0.3, 0.4) is 0 Å². The molecule has 1 saturated heterocycles. The first-order valence-electron chi connectivity index (χ1n) is 7.84. The number of rotatable bonds is 5. The number of nitrogens with zero attached hydrogens (tertiary/aromatic N) is 1. The third-order valence-corrected chi connectivity index (χ3v) is 5.93. The second kappa shape index (κ2) is 7.76. The molecule has 132 valence electrons. The van der Waals surface area contributed by atoms with E-state index in [1.54, 1.807) is 31.2 Å². The summed E-state index contributed by atoms with van der Waals surface area (Å²) in [5.41, 5.74) is 0.955. The Morgan fingerprint density at radius 1 is 1.29 bits per heavy atom. The average molecular weight is 354 g/mol. The summed E-state index contributed by atoms with van der Waals surface area (Å²) in [5, 5.41) is 2.77. The van der Waals surface area contributed by atoms with Crippen LogP contribution in [0.15, 0.2) is 24.3 Å². The predicted octanol–water partition coefficient (Wildman–Crippen LogP) is 1.47. The molecule has 1 atom stereocenters. The molecule has 1 N–H and O–H groups in total. The number of hydrogen-bond acceptors (Lipinski definition) is 5. The van der Waals surface area contributed by atoms with Gasteiger partial charge in [0.1, 0.15) is 0 Å². The quantitative estimate of drug-likeness (QED) is 0.809. The van der Waals surface area contributed by atoms with Gasteiger partial charge in [-0.2, -0.15) is 0 Å². The maximum absolute atomic E-state index is 12.4. The molecule has 1 amide bonds. The highest BCUT2D eigenvalue weighted by atomic mass is 32.2. The van der Waals surface area contributed by atoms with E-state index in [-0.39, 0.29) is 24.1 Å². The van der Waals surface area contributed by atoms with Gasteiger partial charge in [0.15, 0.2) is 0 Å². The molecule has 1 unspecified atom stereocenters. The van der Waals surface area contributed by atoms with Crippen molar-refractivity contribution in [3.63, 3.8) is 0 Å². The predicted molar refractivity (Wildman–Crippen MR) is 90.2 cm³/mol. The van der Waals surface area contributed by atoms with Crippen molar-refractivity contribution in [3.8, 4) is 0 Å². The molecule has 8 heteroatoms. The van der Waals surface area contributed by atoms with E-state index in [9.17, 15) is 18.0 Å². The summed E-state index contributed by atoms with van der Waals surface area (Å²) in [6.45, 7) is 2.28. The maximum atomic E-state index is 12.4. The number of piperidine rings is 1. The van der Waals surface area contributed by atoms with Crippen molar-refractivity contribution in [2.75, 3.05) is 31.3 Å². The van der Waals surface area contributed by atoms with Gasteiger partial charge < -0.3 is 10.1 Å². The number of hydrogen-bond donors (Lipinski definition) is 1. The van der Waals surface area contributed by atoms with E-state index in [0.29, 0.717) is 30.6 Å². The van der Waals surface area contributed by atoms with E-state index >= 15 is 0 Å². The monoisotopic (exact) mass is 354 g/mol. The number of sulfonamides is 1. The molecule has 0 spiro atoms. The van der Waals surface area contributed by atoms with Gasteiger partial charge in [0, 0.05) is 18.8 Å². The molecule has 1 fully saturated rings. The Labute approximate surface area is 142 Å². The van der Waals surface area contributed by atoms with Gasteiger partial charge in [-0.15, -0.1) is 0 Å². The highest BCUT2D eigenvalue weighted by molar-refractivity contribution is 7.89. The number of benzene rings is 1. The minimum Gasteiger partial charge on any atom is -0.465 e. The normalized spacial score (nSPS) is 18.8. The molecular weight excluding hydrogens is 332 g/mol. The van der Waals surface area contributed by atoms with Crippen LogP contribution in [0.5, 0.6) is 0 Å². The van der Waals surface area contributed by atoms with E-state index < -0.39 is 16.0 Å². The first kappa shape index (κ1) is 18.4. The molecule has 1 aromatic rings. The third-order valence-electron chi connectivity index (χ3n) is 4.09. The molecule has 1 aliphatic rings. The van der Waals surface area contributed by atoms with E-state index in [2.05, 4.69) is 10.1 Å². The summed E-state index contributed by atoms with van der Waals surface area (Å²) >= 11 is 0. The summed E-state index contributed by atoms with van der Waals surface area (Å²) in [5.74, 6) is -0.992. The Kier molecular flexibility index (Phi) is 5.95. The largest absolute Gasteiger partial charge is 0.465 e. The molecule has 0 aromatic heterocycles. The molecule has 0 saturated carbocycles. The van der Waals surface area contributed by atoms with Crippen molar-refractivity contribution in [1.29, 1.82) is 0 Å². The Hall–Kier alpha value is -1.93. The van der Waals surface area contributed by atoms with E-state index in [4.69, 9.17) is 0 Å². The fraction of sp³-hybridized carbons (Fsp3) is 0.500. The smallest absolute Gasteiger partial charge is 0.337 e. The Morgan fingerprint density at radius 2 is 1.96 bits per heavy atom. The molecule has 0 radical (unpaired) electrons. The average Bonchev–Trinajstić information content (AvgIpc) is 2.61. The van der Waals surface area contributed by atoms with Crippen molar-refractivity contribution in [2.45, 2.75) is 19.8 Å². The molecule has 24 heavy (non-hydrogen) atoms. The number of esters is 1. The van der Waals surface area contributed by atoms with Gasteiger partial charge in [0.2, 0.25) is 15.9 Å². The molecule has 1 heterocycles. The van der Waals surface area contributed by atoms with Crippen LogP contribution >= 0.6 is 0 Å². The minimum absolute atomic E-state index is 0.0380. The van der Waals surface area contributed by atoms with Crippen LogP contribution in [0.4, 0.5) is 5.69 Å². The SMILES string of the molecule is CCS(=O)(=O)N1CCCC(C(=O)Nc2ccc(C(=O)OC)cc2)C1. The zero-order valence-electron chi connectivity index (χ0n) is 13.8. The number of ether oxygens (including phenoxy) is 1. The standard InChI is InChI=1S/C16H22N2O5S/c1-3-24(21,22)18-10-4-5-13(11-18)15(19)17-14-8-6-12(7-9-14)16(20)23-2/h6-9,13H,3-5,10-11H2,1-2H3,(H,17,19). The fourth-order valence-electron chi connectivity index (χ4n) is 2.64. The second-order valence-corrected chi connectivity index (χ2v) is 7.91. The molecule has 1 aliphatic heterocycles. The van der Waals surface area contributed by atoms with E-state index in [1.807, 2.05) is 0 Å². The van der Waals surface area contributed by atoms with Crippen molar-refractivity contribution < 1.29 is 22.7 Å². The number of methoxy groups -OCH3 is 1. The van der Waals surface area contributed by atoms with Gasteiger partial charge in [-0.1, -0.05) is 0 Å². The summed E-state index contributed by atoms with van der Waals surface area (Å²) < 4.78 is 29.9. The number of carbonyl (C=O) groups is 2. The van der Waals surface area contributed by atoms with Gasteiger partial charge in [0.25, 0.3) is 0 Å². The van der Waals surface area contributed by atoms with E-state index in [1.165, 1.54) is 11.4 Å². The molecule has 0 bridgehead atoms. The summed E-state index contributed by atoms with van der Waals surface area (Å²) in [7, 11) is -1.97. The van der Waals surface area contributed by atoms with Gasteiger partial charge in [-0.25, -0.2) is 17.5 Å². The molecule has 7 nitrogen and oxygen atoms in total.